The molecule has 0 saturated heterocycles. The summed E-state index contributed by atoms with van der Waals surface area (Å²) in [5.41, 5.74) is 8.94. The lowest BCUT2D eigenvalue weighted by Gasteiger charge is -2.28. The number of hydrogen-bond donors (Lipinski definition) is 3. The third-order valence-electron chi connectivity index (χ3n) is 3.21. The minimum atomic E-state index is -0.0829. The Bertz CT molecular complexity index is 482. The summed E-state index contributed by atoms with van der Waals surface area (Å²) >= 11 is 5.40. The van der Waals surface area contributed by atoms with Crippen LogP contribution in [0.4, 0.5) is 5.69 Å². The summed E-state index contributed by atoms with van der Waals surface area (Å²) < 4.78 is 5.00. The molecule has 1 rings (SSSR count). The zero-order valence-corrected chi connectivity index (χ0v) is 13.7. The highest BCUT2D eigenvalue weighted by Crippen LogP contribution is 2.27. The normalized spacial score (nSPS) is 10.2. The number of nitrogens with zero attached hydrogens (tertiary/aromatic N) is 1. The molecule has 0 heterocycles. The molecular weight excluding hydrogens is 284 g/mol. The number of benzene rings is 1. The van der Waals surface area contributed by atoms with Crippen molar-refractivity contribution in [3.63, 3.8) is 0 Å². The van der Waals surface area contributed by atoms with Gasteiger partial charge in [-0.25, -0.2) is 0 Å². The summed E-state index contributed by atoms with van der Waals surface area (Å²) in [4.78, 5) is 1.60. The molecule has 1 aromatic carbocycles. The summed E-state index contributed by atoms with van der Waals surface area (Å²) in [7, 11) is 1.63. The Labute approximate surface area is 132 Å². The molecule has 0 spiro atoms. The van der Waals surface area contributed by atoms with Gasteiger partial charge in [-0.1, -0.05) is 32.0 Å². The molecule has 0 unspecified atom stereocenters. The van der Waals surface area contributed by atoms with E-state index in [4.69, 9.17) is 28.1 Å². The van der Waals surface area contributed by atoms with Crippen LogP contribution in [0.1, 0.15) is 25.0 Å². The second kappa shape index (κ2) is 8.59. The van der Waals surface area contributed by atoms with Crippen molar-refractivity contribution in [3.05, 3.63) is 29.3 Å². The van der Waals surface area contributed by atoms with E-state index in [0.717, 1.165) is 29.7 Å². The van der Waals surface area contributed by atoms with E-state index in [0.29, 0.717) is 18.3 Å². The molecule has 0 aromatic heterocycles. The minimum Gasteiger partial charge on any atom is -0.383 e. The number of rotatable bonds is 6. The predicted molar refractivity (Wildman–Crippen MR) is 92.1 cm³/mol. The molecule has 0 saturated carbocycles. The molecule has 6 heteroatoms. The largest absolute Gasteiger partial charge is 0.383 e. The van der Waals surface area contributed by atoms with Gasteiger partial charge in [0.1, 0.15) is 0 Å². The van der Waals surface area contributed by atoms with E-state index in [1.807, 2.05) is 18.2 Å². The summed E-state index contributed by atoms with van der Waals surface area (Å²) in [5.74, 6) is -0.0829. The van der Waals surface area contributed by atoms with Crippen molar-refractivity contribution < 1.29 is 4.74 Å². The number of thiocarbonyl (C=S) groups is 1. The first-order valence-corrected chi connectivity index (χ1v) is 7.49. The van der Waals surface area contributed by atoms with Crippen LogP contribution >= 0.6 is 12.2 Å². The molecule has 0 aliphatic carbocycles. The molecular formula is C15H24N4OS. The fourth-order valence-electron chi connectivity index (χ4n) is 2.17. The van der Waals surface area contributed by atoms with Gasteiger partial charge in [-0.2, -0.15) is 0 Å². The van der Waals surface area contributed by atoms with Crippen LogP contribution < -0.4 is 16.0 Å². The van der Waals surface area contributed by atoms with Crippen molar-refractivity contribution >= 4 is 29.0 Å². The SMILES string of the molecule is CCc1cccc(CC)c1N(C(=N)N)C(=S)NCCOC. The first-order valence-electron chi connectivity index (χ1n) is 7.08. The van der Waals surface area contributed by atoms with E-state index in [9.17, 15) is 0 Å². The van der Waals surface area contributed by atoms with Crippen LogP contribution in [0.3, 0.4) is 0 Å². The van der Waals surface area contributed by atoms with Crippen LogP contribution in [0.2, 0.25) is 0 Å². The molecule has 0 fully saturated rings. The Hall–Kier alpha value is -1.66. The standard InChI is InChI=1S/C15H24N4OS/c1-4-11-7-6-8-12(5-2)13(11)19(14(16)17)15(21)18-9-10-20-3/h6-8H,4-5,9-10H2,1-3H3,(H3,16,17)(H,18,21). The molecule has 5 nitrogen and oxygen atoms in total. The van der Waals surface area contributed by atoms with Gasteiger partial charge in [0.2, 0.25) is 0 Å². The third kappa shape index (κ3) is 4.41. The van der Waals surface area contributed by atoms with Crippen molar-refractivity contribution in [1.29, 1.82) is 5.41 Å². The number of hydrogen-bond acceptors (Lipinski definition) is 3. The second-order valence-electron chi connectivity index (χ2n) is 4.58. The molecule has 0 atom stereocenters. The highest BCUT2D eigenvalue weighted by molar-refractivity contribution is 7.80. The van der Waals surface area contributed by atoms with Crippen LogP contribution in [0.25, 0.3) is 0 Å². The Morgan fingerprint density at radius 2 is 1.90 bits per heavy atom. The molecule has 4 N–H and O–H groups in total. The molecule has 0 bridgehead atoms. The highest BCUT2D eigenvalue weighted by Gasteiger charge is 2.20. The molecule has 116 valence electrons. The van der Waals surface area contributed by atoms with Gasteiger partial charge in [0, 0.05) is 13.7 Å². The third-order valence-corrected chi connectivity index (χ3v) is 3.54. The molecule has 0 radical (unpaired) electrons. The topological polar surface area (TPSA) is 74.4 Å². The van der Waals surface area contributed by atoms with Crippen molar-refractivity contribution in [2.45, 2.75) is 26.7 Å². The number of methoxy groups -OCH3 is 1. The minimum absolute atomic E-state index is 0.0829. The van der Waals surface area contributed by atoms with E-state index >= 15 is 0 Å². The number of nitrogens with two attached hydrogens (primary N) is 1. The zero-order valence-electron chi connectivity index (χ0n) is 12.9. The van der Waals surface area contributed by atoms with Crippen molar-refractivity contribution in [3.8, 4) is 0 Å². The van der Waals surface area contributed by atoms with Crippen molar-refractivity contribution in [2.75, 3.05) is 25.2 Å². The molecule has 0 aliphatic rings. The number of anilines is 1. The fraction of sp³-hybridized carbons (Fsp3) is 0.467. The van der Waals surface area contributed by atoms with Crippen LogP contribution in [0, 0.1) is 5.41 Å². The van der Waals surface area contributed by atoms with E-state index in [1.54, 1.807) is 12.0 Å². The maximum atomic E-state index is 7.89. The van der Waals surface area contributed by atoms with Gasteiger partial charge < -0.3 is 15.8 Å². The quantitative estimate of drug-likeness (QED) is 0.324. The van der Waals surface area contributed by atoms with Crippen molar-refractivity contribution in [2.24, 2.45) is 5.73 Å². The van der Waals surface area contributed by atoms with Gasteiger partial charge in [0.15, 0.2) is 11.1 Å². The second-order valence-corrected chi connectivity index (χ2v) is 4.96. The average molecular weight is 308 g/mol. The zero-order chi connectivity index (χ0) is 15.8. The number of nitrogens with one attached hydrogen (secondary N) is 2. The smallest absolute Gasteiger partial charge is 0.199 e. The molecule has 21 heavy (non-hydrogen) atoms. The molecule has 0 aliphatic heterocycles. The van der Waals surface area contributed by atoms with Gasteiger partial charge in [-0.05, 0) is 36.2 Å². The van der Waals surface area contributed by atoms with Crippen LogP contribution in [-0.2, 0) is 17.6 Å². The first kappa shape index (κ1) is 17.4. The van der Waals surface area contributed by atoms with Crippen LogP contribution in [0.15, 0.2) is 18.2 Å². The molecule has 1 aromatic rings. The van der Waals surface area contributed by atoms with Crippen LogP contribution in [-0.4, -0.2) is 31.3 Å². The van der Waals surface area contributed by atoms with E-state index < -0.39 is 0 Å². The van der Waals surface area contributed by atoms with Gasteiger partial charge in [-0.15, -0.1) is 0 Å². The monoisotopic (exact) mass is 308 g/mol. The maximum absolute atomic E-state index is 7.89. The van der Waals surface area contributed by atoms with E-state index in [2.05, 4.69) is 19.2 Å². The summed E-state index contributed by atoms with van der Waals surface area (Å²) in [6.45, 7) is 5.28. The number of aryl methyl sites for hydroxylation is 2. The first-order chi connectivity index (χ1) is 10.1. The van der Waals surface area contributed by atoms with Gasteiger partial charge >= 0.3 is 0 Å². The highest BCUT2D eigenvalue weighted by atomic mass is 32.1. The number of ether oxygens (including phenoxy) is 1. The Balaban J connectivity index is 3.16. The van der Waals surface area contributed by atoms with Gasteiger partial charge in [0.25, 0.3) is 0 Å². The van der Waals surface area contributed by atoms with E-state index in [1.165, 1.54) is 0 Å². The summed E-state index contributed by atoms with van der Waals surface area (Å²) in [5, 5.41) is 11.4. The fourth-order valence-corrected chi connectivity index (χ4v) is 2.46. The lowest BCUT2D eigenvalue weighted by molar-refractivity contribution is 0.204. The summed E-state index contributed by atoms with van der Waals surface area (Å²) in [6.07, 6.45) is 1.71. The lowest BCUT2D eigenvalue weighted by atomic mass is 10.0. The summed E-state index contributed by atoms with van der Waals surface area (Å²) in [6, 6.07) is 6.12. The van der Waals surface area contributed by atoms with Gasteiger partial charge in [-0.3, -0.25) is 10.3 Å². The van der Waals surface area contributed by atoms with Crippen molar-refractivity contribution in [1.82, 2.24) is 5.32 Å². The lowest BCUT2D eigenvalue weighted by Crippen LogP contribution is -2.48. The van der Waals surface area contributed by atoms with E-state index in [-0.39, 0.29) is 5.96 Å². The molecule has 0 amide bonds. The Kier molecular flexibility index (Phi) is 7.11. The Morgan fingerprint density at radius 3 is 2.33 bits per heavy atom. The number of para-hydroxylation sites is 1. The number of guanidine groups is 1. The van der Waals surface area contributed by atoms with Gasteiger partial charge in [0.05, 0.1) is 12.3 Å². The maximum Gasteiger partial charge on any atom is 0.199 e. The van der Waals surface area contributed by atoms with Crippen LogP contribution in [0.5, 0.6) is 0 Å². The predicted octanol–water partition coefficient (Wildman–Crippen LogP) is 2.03. The Morgan fingerprint density at radius 1 is 1.33 bits per heavy atom. The average Bonchev–Trinajstić information content (AvgIpc) is 2.47.